The molecule has 0 fully saturated rings. The number of methoxy groups -OCH3 is 1. The quantitative estimate of drug-likeness (QED) is 0.487. The molecule has 8 heteroatoms. The zero-order chi connectivity index (χ0) is 21.8. The van der Waals surface area contributed by atoms with Gasteiger partial charge in [-0.25, -0.2) is 9.50 Å². The predicted molar refractivity (Wildman–Crippen MR) is 117 cm³/mol. The lowest BCUT2D eigenvalue weighted by molar-refractivity contribution is -0.116. The number of hydrogen-bond donors (Lipinski definition) is 1. The Hall–Kier alpha value is -3.94. The van der Waals surface area contributed by atoms with Gasteiger partial charge in [-0.1, -0.05) is 0 Å². The van der Waals surface area contributed by atoms with Gasteiger partial charge in [0.2, 0.25) is 5.91 Å². The van der Waals surface area contributed by atoms with Crippen LogP contribution in [0.5, 0.6) is 17.2 Å². The molecule has 0 bridgehead atoms. The highest BCUT2D eigenvalue weighted by Crippen LogP contribution is 2.25. The summed E-state index contributed by atoms with van der Waals surface area (Å²) >= 11 is 0. The summed E-state index contributed by atoms with van der Waals surface area (Å²) in [7, 11) is 1.62. The summed E-state index contributed by atoms with van der Waals surface area (Å²) < 4.78 is 12.6. The fourth-order valence-corrected chi connectivity index (χ4v) is 3.37. The molecule has 158 valence electrons. The van der Waals surface area contributed by atoms with E-state index in [2.05, 4.69) is 20.4 Å². The third kappa shape index (κ3) is 4.63. The Morgan fingerprint density at radius 2 is 1.65 bits per heavy atom. The van der Waals surface area contributed by atoms with Crippen LogP contribution >= 0.6 is 0 Å². The number of hydrogen-bond acceptors (Lipinski definition) is 6. The van der Waals surface area contributed by atoms with Crippen molar-refractivity contribution in [3.8, 4) is 17.2 Å². The minimum Gasteiger partial charge on any atom is -0.497 e. The van der Waals surface area contributed by atoms with E-state index in [9.17, 15) is 4.79 Å². The Morgan fingerprint density at radius 3 is 2.32 bits per heavy atom. The molecule has 8 nitrogen and oxygen atoms in total. The number of fused-ring (bicyclic) bond motifs is 1. The van der Waals surface area contributed by atoms with Gasteiger partial charge in [-0.15, -0.1) is 0 Å². The molecule has 31 heavy (non-hydrogen) atoms. The third-order valence-electron chi connectivity index (χ3n) is 5.02. The van der Waals surface area contributed by atoms with Gasteiger partial charge < -0.3 is 14.8 Å². The normalized spacial score (nSPS) is 10.8. The SMILES string of the molecule is COc1ccc(Oc2ccc(NC(=O)CCc3c(C)nc4ncnn4c3C)cc2)cc1. The fourth-order valence-electron chi connectivity index (χ4n) is 3.37. The molecule has 0 saturated heterocycles. The van der Waals surface area contributed by atoms with E-state index >= 15 is 0 Å². The first-order valence-corrected chi connectivity index (χ1v) is 9.91. The van der Waals surface area contributed by atoms with Crippen molar-refractivity contribution in [1.29, 1.82) is 0 Å². The maximum atomic E-state index is 12.4. The maximum Gasteiger partial charge on any atom is 0.252 e. The molecule has 0 aliphatic carbocycles. The smallest absolute Gasteiger partial charge is 0.252 e. The Kier molecular flexibility index (Phi) is 5.79. The van der Waals surface area contributed by atoms with Crippen molar-refractivity contribution in [2.75, 3.05) is 12.4 Å². The van der Waals surface area contributed by atoms with Gasteiger partial charge in [0.05, 0.1) is 7.11 Å². The molecule has 1 amide bonds. The van der Waals surface area contributed by atoms with Crippen LogP contribution < -0.4 is 14.8 Å². The van der Waals surface area contributed by atoms with Crippen LogP contribution in [0.4, 0.5) is 5.69 Å². The fraction of sp³-hybridized carbons (Fsp3) is 0.217. The Balaban J connectivity index is 1.34. The van der Waals surface area contributed by atoms with Gasteiger partial charge in [-0.2, -0.15) is 10.1 Å². The van der Waals surface area contributed by atoms with Gasteiger partial charge in [0.1, 0.15) is 23.6 Å². The van der Waals surface area contributed by atoms with Gasteiger partial charge in [-0.05, 0) is 74.4 Å². The largest absolute Gasteiger partial charge is 0.497 e. The number of carbonyl (C=O) groups excluding carboxylic acids is 1. The number of aromatic nitrogens is 4. The highest BCUT2D eigenvalue weighted by Gasteiger charge is 2.13. The van der Waals surface area contributed by atoms with E-state index in [0.717, 1.165) is 22.7 Å². The second kappa shape index (κ2) is 8.83. The molecule has 4 rings (SSSR count). The monoisotopic (exact) mass is 417 g/mol. The van der Waals surface area contributed by atoms with Crippen LogP contribution in [0.1, 0.15) is 23.4 Å². The van der Waals surface area contributed by atoms with Crippen LogP contribution in [0.15, 0.2) is 54.9 Å². The summed E-state index contributed by atoms with van der Waals surface area (Å²) in [6.45, 7) is 3.89. The number of aryl methyl sites for hydroxylation is 2. The van der Waals surface area contributed by atoms with Crippen LogP contribution in [0.3, 0.4) is 0 Å². The Labute approximate surface area is 179 Å². The van der Waals surface area contributed by atoms with Crippen molar-refractivity contribution >= 4 is 17.4 Å². The molecule has 0 unspecified atom stereocenters. The molecule has 4 aromatic rings. The van der Waals surface area contributed by atoms with Crippen LogP contribution in [-0.2, 0) is 11.2 Å². The van der Waals surface area contributed by atoms with E-state index < -0.39 is 0 Å². The average Bonchev–Trinajstić information content (AvgIpc) is 3.24. The molecule has 2 aromatic carbocycles. The molecule has 2 aromatic heterocycles. The summed E-state index contributed by atoms with van der Waals surface area (Å²) in [6.07, 6.45) is 2.39. The highest BCUT2D eigenvalue weighted by molar-refractivity contribution is 5.90. The van der Waals surface area contributed by atoms with Crippen molar-refractivity contribution in [3.63, 3.8) is 0 Å². The number of benzene rings is 2. The number of nitrogens with zero attached hydrogens (tertiary/aromatic N) is 4. The Morgan fingerprint density at radius 1 is 1.00 bits per heavy atom. The summed E-state index contributed by atoms with van der Waals surface area (Å²) in [5.74, 6) is 2.66. The first-order valence-electron chi connectivity index (χ1n) is 9.91. The first kappa shape index (κ1) is 20.3. The molecule has 0 spiro atoms. The predicted octanol–water partition coefficient (Wildman–Crippen LogP) is 4.11. The summed E-state index contributed by atoms with van der Waals surface area (Å²) in [5.41, 5.74) is 3.54. The first-order chi connectivity index (χ1) is 15.0. The van der Waals surface area contributed by atoms with Gasteiger partial charge in [0.25, 0.3) is 5.78 Å². The lowest BCUT2D eigenvalue weighted by Gasteiger charge is -2.11. The van der Waals surface area contributed by atoms with E-state index in [1.54, 1.807) is 11.6 Å². The lowest BCUT2D eigenvalue weighted by atomic mass is 10.1. The van der Waals surface area contributed by atoms with Gasteiger partial charge in [0, 0.05) is 23.5 Å². The second-order valence-corrected chi connectivity index (χ2v) is 7.08. The third-order valence-corrected chi connectivity index (χ3v) is 5.02. The minimum atomic E-state index is -0.0682. The molecule has 0 saturated carbocycles. The summed E-state index contributed by atoms with van der Waals surface area (Å²) in [4.78, 5) is 21.0. The van der Waals surface area contributed by atoms with Crippen LogP contribution in [0, 0.1) is 13.8 Å². The molecule has 0 atom stereocenters. The zero-order valence-corrected chi connectivity index (χ0v) is 17.6. The van der Waals surface area contributed by atoms with Gasteiger partial charge in [0.15, 0.2) is 0 Å². The Bertz CT molecular complexity index is 1200. The number of nitrogens with one attached hydrogen (secondary N) is 1. The summed E-state index contributed by atoms with van der Waals surface area (Å²) in [5, 5.41) is 7.11. The molecule has 0 aliphatic heterocycles. The topological polar surface area (TPSA) is 90.6 Å². The standard InChI is InChI=1S/C23H23N5O3/c1-15-21(16(2)28-23(26-15)24-14-25-28)12-13-22(29)27-17-4-6-19(7-5-17)31-20-10-8-18(30-3)9-11-20/h4-11,14H,12-13H2,1-3H3,(H,27,29). The second-order valence-electron chi connectivity index (χ2n) is 7.08. The van der Waals surface area contributed by atoms with E-state index in [-0.39, 0.29) is 5.91 Å². The number of anilines is 1. The van der Waals surface area contributed by atoms with Crippen molar-refractivity contribution < 1.29 is 14.3 Å². The molecular weight excluding hydrogens is 394 g/mol. The minimum absolute atomic E-state index is 0.0682. The number of ether oxygens (including phenoxy) is 2. The highest BCUT2D eigenvalue weighted by atomic mass is 16.5. The molecule has 2 heterocycles. The van der Waals surface area contributed by atoms with Gasteiger partial charge in [-0.3, -0.25) is 4.79 Å². The van der Waals surface area contributed by atoms with Crippen molar-refractivity contribution in [1.82, 2.24) is 19.6 Å². The van der Waals surface area contributed by atoms with Gasteiger partial charge >= 0.3 is 0 Å². The van der Waals surface area contributed by atoms with Crippen LogP contribution in [0.25, 0.3) is 5.78 Å². The number of amides is 1. The van der Waals surface area contributed by atoms with Crippen molar-refractivity contribution in [2.45, 2.75) is 26.7 Å². The van der Waals surface area contributed by atoms with E-state index in [1.807, 2.05) is 62.4 Å². The lowest BCUT2D eigenvalue weighted by Crippen LogP contribution is -2.14. The van der Waals surface area contributed by atoms with Crippen LogP contribution in [0.2, 0.25) is 0 Å². The summed E-state index contributed by atoms with van der Waals surface area (Å²) in [6, 6.07) is 14.6. The number of rotatable bonds is 7. The molecule has 1 N–H and O–H groups in total. The zero-order valence-electron chi connectivity index (χ0n) is 17.6. The maximum absolute atomic E-state index is 12.4. The average molecular weight is 417 g/mol. The molecule has 0 aliphatic rings. The molecule has 0 radical (unpaired) electrons. The van der Waals surface area contributed by atoms with Crippen molar-refractivity contribution in [3.05, 3.63) is 71.8 Å². The van der Waals surface area contributed by atoms with Crippen molar-refractivity contribution in [2.24, 2.45) is 0 Å². The van der Waals surface area contributed by atoms with Crippen LogP contribution in [-0.4, -0.2) is 32.6 Å². The van der Waals surface area contributed by atoms with E-state index in [1.165, 1.54) is 6.33 Å². The van der Waals surface area contributed by atoms with E-state index in [4.69, 9.17) is 9.47 Å². The van der Waals surface area contributed by atoms with E-state index in [0.29, 0.717) is 35.8 Å². The molecular formula is C23H23N5O3. The number of carbonyl (C=O) groups is 1.